The van der Waals surface area contributed by atoms with E-state index < -0.39 is 0 Å². The third-order valence-corrected chi connectivity index (χ3v) is 2.08. The first-order valence-electron chi connectivity index (χ1n) is 4.22. The first-order chi connectivity index (χ1) is 6.40. The van der Waals surface area contributed by atoms with Gasteiger partial charge in [0.05, 0.1) is 12.6 Å². The Morgan fingerprint density at radius 1 is 1.38 bits per heavy atom. The van der Waals surface area contributed by atoms with Crippen LogP contribution < -0.4 is 16.6 Å². The molecule has 13 heavy (non-hydrogen) atoms. The van der Waals surface area contributed by atoms with Gasteiger partial charge in [0.1, 0.15) is 0 Å². The van der Waals surface area contributed by atoms with Crippen molar-refractivity contribution in [1.82, 2.24) is 10.7 Å². The molecule has 1 unspecified atom stereocenters. The highest BCUT2D eigenvalue weighted by Crippen LogP contribution is 2.15. The molecule has 0 aromatic heterocycles. The van der Waals surface area contributed by atoms with Crippen molar-refractivity contribution >= 4 is 5.96 Å². The smallest absolute Gasteiger partial charge is 0.206 e. The molecule has 0 saturated heterocycles. The maximum atomic E-state index is 5.23. The van der Waals surface area contributed by atoms with Gasteiger partial charge in [0.2, 0.25) is 5.96 Å². The molecule has 0 bridgehead atoms. The van der Waals surface area contributed by atoms with Gasteiger partial charge in [-0.1, -0.05) is 30.3 Å². The molecule has 0 aliphatic carbocycles. The van der Waals surface area contributed by atoms with Crippen LogP contribution in [0.2, 0.25) is 0 Å². The number of nitrogens with one attached hydrogen (secondary N) is 2. The molecular formula is C9H12N4. The molecule has 1 aliphatic heterocycles. The molecule has 1 aliphatic rings. The van der Waals surface area contributed by atoms with Crippen LogP contribution in [0.5, 0.6) is 0 Å². The fraction of sp³-hybridized carbons (Fsp3) is 0.222. The quantitative estimate of drug-likeness (QED) is 0.421. The largest absolute Gasteiger partial charge is 0.347 e. The topological polar surface area (TPSA) is 62.4 Å². The standard InChI is InChI=1S/C9H12N4/c10-13-9-11-6-8(12-9)7-4-2-1-3-5-7/h1-5,8H,6,10H2,(H2,11,12,13). The first kappa shape index (κ1) is 8.07. The van der Waals surface area contributed by atoms with Crippen LogP contribution in [0.3, 0.4) is 0 Å². The predicted molar refractivity (Wildman–Crippen MR) is 51.9 cm³/mol. The van der Waals surface area contributed by atoms with Gasteiger partial charge < -0.3 is 5.32 Å². The second kappa shape index (κ2) is 3.45. The Labute approximate surface area is 76.8 Å². The summed E-state index contributed by atoms with van der Waals surface area (Å²) >= 11 is 0. The fourth-order valence-corrected chi connectivity index (χ4v) is 1.40. The molecule has 1 atom stereocenters. The van der Waals surface area contributed by atoms with Gasteiger partial charge in [-0.05, 0) is 5.56 Å². The molecule has 1 heterocycles. The maximum absolute atomic E-state index is 5.23. The summed E-state index contributed by atoms with van der Waals surface area (Å²) in [6, 6.07) is 10.4. The lowest BCUT2D eigenvalue weighted by Crippen LogP contribution is -2.39. The van der Waals surface area contributed by atoms with Crippen molar-refractivity contribution in [2.24, 2.45) is 10.8 Å². The van der Waals surface area contributed by atoms with Gasteiger partial charge in [0.15, 0.2) is 0 Å². The molecule has 0 amide bonds. The number of hydrazine groups is 1. The number of hydrogen-bond donors (Lipinski definition) is 3. The second-order valence-corrected chi connectivity index (χ2v) is 2.94. The van der Waals surface area contributed by atoms with E-state index in [0.717, 1.165) is 6.54 Å². The second-order valence-electron chi connectivity index (χ2n) is 2.94. The van der Waals surface area contributed by atoms with Crippen molar-refractivity contribution in [3.63, 3.8) is 0 Å². The molecule has 1 aromatic carbocycles. The Balaban J connectivity index is 2.07. The van der Waals surface area contributed by atoms with Crippen molar-refractivity contribution in [2.75, 3.05) is 6.54 Å². The van der Waals surface area contributed by atoms with Gasteiger partial charge in [-0.2, -0.15) is 0 Å². The van der Waals surface area contributed by atoms with Crippen LogP contribution in [0.1, 0.15) is 11.6 Å². The van der Waals surface area contributed by atoms with Crippen molar-refractivity contribution < 1.29 is 0 Å². The number of guanidine groups is 1. The first-order valence-corrected chi connectivity index (χ1v) is 4.22. The molecule has 1 aromatic rings. The zero-order chi connectivity index (χ0) is 9.10. The van der Waals surface area contributed by atoms with Crippen molar-refractivity contribution in [2.45, 2.75) is 6.04 Å². The molecular weight excluding hydrogens is 164 g/mol. The van der Waals surface area contributed by atoms with Gasteiger partial charge >= 0.3 is 0 Å². The number of hydrogen-bond acceptors (Lipinski definition) is 4. The average molecular weight is 176 g/mol. The van der Waals surface area contributed by atoms with E-state index in [1.807, 2.05) is 18.2 Å². The molecule has 68 valence electrons. The van der Waals surface area contributed by atoms with Gasteiger partial charge in [0, 0.05) is 0 Å². The predicted octanol–water partition coefficient (Wildman–Crippen LogP) is 0.150. The third kappa shape index (κ3) is 1.62. The number of nitrogens with zero attached hydrogens (tertiary/aromatic N) is 1. The van der Waals surface area contributed by atoms with E-state index in [4.69, 9.17) is 5.84 Å². The minimum absolute atomic E-state index is 0.257. The van der Waals surface area contributed by atoms with Crippen LogP contribution in [0.25, 0.3) is 0 Å². The van der Waals surface area contributed by atoms with Crippen LogP contribution >= 0.6 is 0 Å². The summed E-state index contributed by atoms with van der Waals surface area (Å²) < 4.78 is 0. The minimum Gasteiger partial charge on any atom is -0.347 e. The lowest BCUT2D eigenvalue weighted by atomic mass is 10.1. The van der Waals surface area contributed by atoms with E-state index in [1.165, 1.54) is 5.56 Å². The molecule has 2 rings (SSSR count). The van der Waals surface area contributed by atoms with Crippen molar-refractivity contribution in [3.05, 3.63) is 35.9 Å². The summed E-state index contributed by atoms with van der Waals surface area (Å²) in [5.41, 5.74) is 3.74. The van der Waals surface area contributed by atoms with Crippen LogP contribution in [-0.2, 0) is 0 Å². The third-order valence-electron chi connectivity index (χ3n) is 2.08. The zero-order valence-electron chi connectivity index (χ0n) is 7.20. The minimum atomic E-state index is 0.257. The summed E-state index contributed by atoms with van der Waals surface area (Å²) in [7, 11) is 0. The Morgan fingerprint density at radius 3 is 2.77 bits per heavy atom. The lowest BCUT2D eigenvalue weighted by Gasteiger charge is -2.10. The monoisotopic (exact) mass is 176 g/mol. The van der Waals surface area contributed by atoms with E-state index >= 15 is 0 Å². The van der Waals surface area contributed by atoms with E-state index in [9.17, 15) is 0 Å². The van der Waals surface area contributed by atoms with E-state index in [0.29, 0.717) is 5.96 Å². The zero-order valence-corrected chi connectivity index (χ0v) is 7.20. The van der Waals surface area contributed by atoms with Crippen molar-refractivity contribution in [1.29, 1.82) is 0 Å². The van der Waals surface area contributed by atoms with Gasteiger partial charge in [-0.15, -0.1) is 0 Å². The molecule has 4 N–H and O–H groups in total. The van der Waals surface area contributed by atoms with Gasteiger partial charge in [0.25, 0.3) is 0 Å². The Hall–Kier alpha value is -1.55. The Kier molecular flexibility index (Phi) is 2.14. The van der Waals surface area contributed by atoms with Crippen LogP contribution in [0, 0.1) is 0 Å². The molecule has 4 nitrogen and oxygen atoms in total. The van der Waals surface area contributed by atoms with Crippen LogP contribution in [0.4, 0.5) is 0 Å². The van der Waals surface area contributed by atoms with E-state index in [2.05, 4.69) is 27.9 Å². The van der Waals surface area contributed by atoms with Crippen LogP contribution in [0.15, 0.2) is 35.3 Å². The van der Waals surface area contributed by atoms with Crippen molar-refractivity contribution in [3.8, 4) is 0 Å². The highest BCUT2D eigenvalue weighted by molar-refractivity contribution is 5.81. The van der Waals surface area contributed by atoms with Gasteiger partial charge in [-0.25, -0.2) is 10.8 Å². The fourth-order valence-electron chi connectivity index (χ4n) is 1.40. The maximum Gasteiger partial charge on any atom is 0.206 e. The summed E-state index contributed by atoms with van der Waals surface area (Å²) in [6.45, 7) is 0.740. The normalized spacial score (nSPS) is 20.7. The number of rotatable bonds is 1. The van der Waals surface area contributed by atoms with E-state index in [1.54, 1.807) is 0 Å². The SMILES string of the molecule is NNC1=NCC(c2ccccc2)N1. The highest BCUT2D eigenvalue weighted by atomic mass is 15.4. The number of benzene rings is 1. The summed E-state index contributed by atoms with van der Waals surface area (Å²) in [6.07, 6.45) is 0. The number of nitrogens with two attached hydrogens (primary N) is 1. The van der Waals surface area contributed by atoms with Crippen LogP contribution in [-0.4, -0.2) is 12.5 Å². The van der Waals surface area contributed by atoms with Gasteiger partial charge in [-0.3, -0.25) is 5.43 Å². The molecule has 0 fully saturated rings. The highest BCUT2D eigenvalue weighted by Gasteiger charge is 2.17. The molecule has 0 spiro atoms. The van der Waals surface area contributed by atoms with E-state index in [-0.39, 0.29) is 6.04 Å². The summed E-state index contributed by atoms with van der Waals surface area (Å²) in [4.78, 5) is 4.18. The molecule has 4 heteroatoms. The Bertz CT molecular complexity index is 307. The Morgan fingerprint density at radius 2 is 2.15 bits per heavy atom. The average Bonchev–Trinajstić information content (AvgIpc) is 2.67. The number of aliphatic imine (C=N–C) groups is 1. The summed E-state index contributed by atoms with van der Waals surface area (Å²) in [5.74, 6) is 5.89. The molecule has 0 radical (unpaired) electrons. The molecule has 0 saturated carbocycles. The lowest BCUT2D eigenvalue weighted by molar-refractivity contribution is 0.700. The summed E-state index contributed by atoms with van der Waals surface area (Å²) in [5, 5.41) is 3.17.